The largest absolute Gasteiger partial charge is 0.372 e. The number of hydrogen-bond acceptors (Lipinski definition) is 3. The molecular weight excluding hydrogens is 373 g/mol. The van der Waals surface area contributed by atoms with Crippen LogP contribution in [0.25, 0.3) is 22.5 Å². The summed E-state index contributed by atoms with van der Waals surface area (Å²) in [4.78, 5) is 8.93. The first-order valence-corrected chi connectivity index (χ1v) is 7.72. The Bertz CT molecular complexity index is 740. The molecule has 1 aromatic heterocycles. The third-order valence-corrected chi connectivity index (χ3v) is 4.02. The summed E-state index contributed by atoms with van der Waals surface area (Å²) >= 11 is 2.22. The van der Waals surface area contributed by atoms with E-state index < -0.39 is 0 Å². The van der Waals surface area contributed by atoms with Crippen molar-refractivity contribution in [1.82, 2.24) is 9.97 Å². The Labute approximate surface area is 137 Å². The topological polar surface area (TPSA) is 37.8 Å². The first-order valence-electron chi connectivity index (χ1n) is 6.64. The summed E-state index contributed by atoms with van der Waals surface area (Å²) in [5, 5.41) is 3.08. The Morgan fingerprint density at radius 2 is 1.48 bits per heavy atom. The van der Waals surface area contributed by atoms with Crippen LogP contribution in [0, 0.1) is 3.57 Å². The highest BCUT2D eigenvalue weighted by molar-refractivity contribution is 14.1. The lowest BCUT2D eigenvalue weighted by Gasteiger charge is -2.07. The van der Waals surface area contributed by atoms with Crippen LogP contribution in [-0.2, 0) is 0 Å². The van der Waals surface area contributed by atoms with E-state index in [4.69, 9.17) is 0 Å². The van der Waals surface area contributed by atoms with Crippen LogP contribution < -0.4 is 5.32 Å². The quantitative estimate of drug-likeness (QED) is 0.675. The maximum Gasteiger partial charge on any atom is 0.161 e. The van der Waals surface area contributed by atoms with Crippen LogP contribution in [0.4, 0.5) is 5.82 Å². The van der Waals surface area contributed by atoms with Gasteiger partial charge in [0.25, 0.3) is 0 Å². The smallest absolute Gasteiger partial charge is 0.161 e. The average Bonchev–Trinajstić information content (AvgIpc) is 2.56. The van der Waals surface area contributed by atoms with E-state index in [-0.39, 0.29) is 0 Å². The molecule has 21 heavy (non-hydrogen) atoms. The zero-order valence-electron chi connectivity index (χ0n) is 11.5. The number of rotatable bonds is 3. The normalized spacial score (nSPS) is 10.4. The molecule has 0 aliphatic rings. The molecule has 3 rings (SSSR count). The monoisotopic (exact) mass is 387 g/mol. The van der Waals surface area contributed by atoms with Gasteiger partial charge in [0.1, 0.15) is 5.82 Å². The Morgan fingerprint density at radius 1 is 0.857 bits per heavy atom. The van der Waals surface area contributed by atoms with Gasteiger partial charge in [0, 0.05) is 18.8 Å². The molecule has 0 saturated heterocycles. The van der Waals surface area contributed by atoms with Crippen LogP contribution in [0.15, 0.2) is 60.8 Å². The van der Waals surface area contributed by atoms with Gasteiger partial charge >= 0.3 is 0 Å². The maximum atomic E-state index is 4.53. The second-order valence-electron chi connectivity index (χ2n) is 4.58. The highest BCUT2D eigenvalue weighted by Crippen LogP contribution is 2.24. The van der Waals surface area contributed by atoms with Crippen molar-refractivity contribution in [2.75, 3.05) is 12.4 Å². The number of benzene rings is 2. The minimum absolute atomic E-state index is 0.736. The van der Waals surface area contributed by atoms with Gasteiger partial charge in [0.2, 0.25) is 0 Å². The fourth-order valence-electron chi connectivity index (χ4n) is 2.12. The molecule has 2 aromatic carbocycles. The van der Waals surface area contributed by atoms with Crippen LogP contribution in [0.2, 0.25) is 0 Å². The zero-order valence-corrected chi connectivity index (χ0v) is 13.7. The summed E-state index contributed by atoms with van der Waals surface area (Å²) in [7, 11) is 1.87. The maximum absolute atomic E-state index is 4.53. The molecule has 1 heterocycles. The number of nitrogens with one attached hydrogen (secondary N) is 1. The standard InChI is InChI=1S/C17H14IN3/c1-19-17-15(18)11-20-16(21-17)14-9-7-13(8-10-14)12-5-3-2-4-6-12/h2-11H,1H3,(H,19,20,21). The van der Waals surface area contributed by atoms with Gasteiger partial charge in [-0.25, -0.2) is 9.97 Å². The molecule has 0 aliphatic heterocycles. The van der Waals surface area contributed by atoms with Crippen molar-refractivity contribution >= 4 is 28.4 Å². The van der Waals surface area contributed by atoms with Gasteiger partial charge in [-0.1, -0.05) is 54.6 Å². The molecular formula is C17H14IN3. The molecule has 3 aromatic rings. The Balaban J connectivity index is 1.94. The lowest BCUT2D eigenvalue weighted by Crippen LogP contribution is -1.99. The van der Waals surface area contributed by atoms with Crippen molar-refractivity contribution in [2.45, 2.75) is 0 Å². The minimum Gasteiger partial charge on any atom is -0.372 e. The van der Waals surface area contributed by atoms with E-state index >= 15 is 0 Å². The Morgan fingerprint density at radius 3 is 2.14 bits per heavy atom. The molecule has 0 spiro atoms. The number of halogens is 1. The molecule has 0 amide bonds. The summed E-state index contributed by atoms with van der Waals surface area (Å²) in [6, 6.07) is 18.7. The lowest BCUT2D eigenvalue weighted by molar-refractivity contribution is 1.15. The molecule has 4 heteroatoms. The Hall–Kier alpha value is -1.95. The summed E-state index contributed by atoms with van der Waals surface area (Å²) in [5.41, 5.74) is 3.42. The van der Waals surface area contributed by atoms with Gasteiger partial charge in [-0.15, -0.1) is 0 Å². The molecule has 104 valence electrons. The number of hydrogen-bond donors (Lipinski definition) is 1. The van der Waals surface area contributed by atoms with E-state index in [2.05, 4.69) is 74.3 Å². The molecule has 0 fully saturated rings. The first kappa shape index (κ1) is 14.0. The number of nitrogens with zero attached hydrogens (tertiary/aromatic N) is 2. The van der Waals surface area contributed by atoms with Crippen molar-refractivity contribution in [3.05, 3.63) is 64.4 Å². The molecule has 1 N–H and O–H groups in total. The number of aromatic nitrogens is 2. The molecule has 0 bridgehead atoms. The van der Waals surface area contributed by atoms with Gasteiger partial charge in [-0.05, 0) is 33.7 Å². The molecule has 0 aliphatic carbocycles. The zero-order chi connectivity index (χ0) is 14.7. The van der Waals surface area contributed by atoms with Crippen molar-refractivity contribution in [2.24, 2.45) is 0 Å². The fraction of sp³-hybridized carbons (Fsp3) is 0.0588. The van der Waals surface area contributed by atoms with Crippen LogP contribution in [0.1, 0.15) is 0 Å². The van der Waals surface area contributed by atoms with Gasteiger partial charge in [0.15, 0.2) is 5.82 Å². The van der Waals surface area contributed by atoms with Crippen LogP contribution in [-0.4, -0.2) is 17.0 Å². The summed E-state index contributed by atoms with van der Waals surface area (Å²) in [6.45, 7) is 0. The predicted octanol–water partition coefficient (Wildman–Crippen LogP) is 4.46. The van der Waals surface area contributed by atoms with Gasteiger partial charge in [0.05, 0.1) is 3.57 Å². The first-order chi connectivity index (χ1) is 10.3. The van der Waals surface area contributed by atoms with Gasteiger partial charge in [-0.2, -0.15) is 0 Å². The van der Waals surface area contributed by atoms with Crippen LogP contribution in [0.5, 0.6) is 0 Å². The van der Waals surface area contributed by atoms with E-state index in [1.165, 1.54) is 11.1 Å². The molecule has 3 nitrogen and oxygen atoms in total. The molecule has 0 radical (unpaired) electrons. The third kappa shape index (κ3) is 3.05. The van der Waals surface area contributed by atoms with E-state index in [1.807, 2.05) is 31.4 Å². The van der Waals surface area contributed by atoms with Crippen LogP contribution >= 0.6 is 22.6 Å². The third-order valence-electron chi connectivity index (χ3n) is 3.23. The summed E-state index contributed by atoms with van der Waals surface area (Å²) in [6.07, 6.45) is 1.83. The molecule has 0 unspecified atom stereocenters. The Kier molecular flexibility index (Phi) is 4.15. The van der Waals surface area contributed by atoms with E-state index in [0.29, 0.717) is 0 Å². The highest BCUT2D eigenvalue weighted by atomic mass is 127. The minimum atomic E-state index is 0.736. The van der Waals surface area contributed by atoms with Crippen molar-refractivity contribution < 1.29 is 0 Å². The van der Waals surface area contributed by atoms with Crippen molar-refractivity contribution in [3.8, 4) is 22.5 Å². The summed E-state index contributed by atoms with van der Waals surface area (Å²) in [5.74, 6) is 1.59. The van der Waals surface area contributed by atoms with Crippen LogP contribution in [0.3, 0.4) is 0 Å². The lowest BCUT2D eigenvalue weighted by atomic mass is 10.0. The fourth-order valence-corrected chi connectivity index (χ4v) is 2.65. The second-order valence-corrected chi connectivity index (χ2v) is 5.75. The summed E-state index contributed by atoms with van der Waals surface area (Å²) < 4.78 is 1.01. The van der Waals surface area contributed by atoms with E-state index in [9.17, 15) is 0 Å². The number of anilines is 1. The molecule has 0 saturated carbocycles. The van der Waals surface area contributed by atoms with E-state index in [1.54, 1.807) is 0 Å². The van der Waals surface area contributed by atoms with Gasteiger partial charge < -0.3 is 5.32 Å². The average molecular weight is 387 g/mol. The van der Waals surface area contributed by atoms with E-state index in [0.717, 1.165) is 20.8 Å². The predicted molar refractivity (Wildman–Crippen MR) is 95.2 cm³/mol. The highest BCUT2D eigenvalue weighted by Gasteiger charge is 2.06. The second kappa shape index (κ2) is 6.22. The van der Waals surface area contributed by atoms with Crippen molar-refractivity contribution in [1.29, 1.82) is 0 Å². The molecule has 0 atom stereocenters. The van der Waals surface area contributed by atoms with Crippen molar-refractivity contribution in [3.63, 3.8) is 0 Å². The van der Waals surface area contributed by atoms with Gasteiger partial charge in [-0.3, -0.25) is 0 Å². The SMILES string of the molecule is CNc1nc(-c2ccc(-c3ccccc3)cc2)ncc1I.